The van der Waals surface area contributed by atoms with Gasteiger partial charge in [0.15, 0.2) is 0 Å². The summed E-state index contributed by atoms with van der Waals surface area (Å²) in [5.41, 5.74) is -3.27. The molecule has 0 aliphatic rings. The number of alkyl halides is 3. The molecule has 0 saturated carbocycles. The molecule has 1 N–H and O–H groups in total. The second kappa shape index (κ2) is 6.38. The molecule has 10 heteroatoms. The third kappa shape index (κ3) is 3.05. The van der Waals surface area contributed by atoms with Crippen molar-refractivity contribution in [2.24, 2.45) is 0 Å². The van der Waals surface area contributed by atoms with Gasteiger partial charge in [0.05, 0.1) is 21.5 Å². The van der Waals surface area contributed by atoms with Gasteiger partial charge >= 0.3 is 11.9 Å². The number of fused-ring (bicyclic) bond motifs is 1. The molecule has 0 spiro atoms. The van der Waals surface area contributed by atoms with Gasteiger partial charge in [-0.25, -0.2) is 9.36 Å². The lowest BCUT2D eigenvalue weighted by Crippen LogP contribution is -2.34. The van der Waals surface area contributed by atoms with Gasteiger partial charge < -0.3 is 4.90 Å². The summed E-state index contributed by atoms with van der Waals surface area (Å²) in [6, 6.07) is 4.33. The Morgan fingerprint density at radius 1 is 1.19 bits per heavy atom. The van der Waals surface area contributed by atoms with E-state index in [1.54, 1.807) is 0 Å². The molecule has 3 rings (SSSR count). The number of nitrogens with one attached hydrogen (secondary N) is 1. The van der Waals surface area contributed by atoms with Gasteiger partial charge in [-0.05, 0) is 24.6 Å². The number of H-pyrrole nitrogens is 1. The van der Waals surface area contributed by atoms with Crippen molar-refractivity contribution in [3.63, 3.8) is 0 Å². The van der Waals surface area contributed by atoms with Gasteiger partial charge in [0.2, 0.25) is 0 Å². The van der Waals surface area contributed by atoms with E-state index >= 15 is 0 Å². The van der Waals surface area contributed by atoms with Crippen molar-refractivity contribution in [1.29, 1.82) is 0 Å². The summed E-state index contributed by atoms with van der Waals surface area (Å²) < 4.78 is 40.4. The maximum atomic E-state index is 13.3. The summed E-state index contributed by atoms with van der Waals surface area (Å²) in [5, 5.41) is 0.0155. The lowest BCUT2D eigenvalue weighted by molar-refractivity contribution is -0.137. The Morgan fingerprint density at radius 2 is 1.81 bits per heavy atom. The monoisotopic (exact) mass is 397 g/mol. The molecule has 2 heterocycles. The summed E-state index contributed by atoms with van der Waals surface area (Å²) in [6.07, 6.45) is -4.74. The summed E-state index contributed by atoms with van der Waals surface area (Å²) >= 11 is 0.920. The Hall–Kier alpha value is -2.88. The van der Waals surface area contributed by atoms with Crippen molar-refractivity contribution in [2.45, 2.75) is 13.1 Å². The maximum Gasteiger partial charge on any atom is 0.418 e. The highest BCUT2D eigenvalue weighted by Crippen LogP contribution is 2.33. The van der Waals surface area contributed by atoms with Crippen LogP contribution in [0.4, 0.5) is 13.2 Å². The standard InChI is InChI=1S/C17H14F3N3O3S/c1-8-11-13(27-12(8)15(25)22(2)3)21-16(26)23(14(11)24)10-7-5-4-6-9(10)17(18,19)20/h4-7H,1-3H3,(H,21,26). The van der Waals surface area contributed by atoms with Crippen LogP contribution in [-0.4, -0.2) is 34.5 Å². The number of rotatable bonds is 2. The van der Waals surface area contributed by atoms with Crippen LogP contribution in [0.25, 0.3) is 15.9 Å². The second-order valence-electron chi connectivity index (χ2n) is 6.05. The zero-order valence-electron chi connectivity index (χ0n) is 14.5. The molecule has 1 aromatic carbocycles. The zero-order valence-corrected chi connectivity index (χ0v) is 15.3. The molecule has 0 saturated heterocycles. The number of aryl methyl sites for hydroxylation is 1. The average molecular weight is 397 g/mol. The molecule has 0 atom stereocenters. The first-order chi connectivity index (χ1) is 12.5. The van der Waals surface area contributed by atoms with E-state index in [9.17, 15) is 27.6 Å². The molecule has 0 unspecified atom stereocenters. The third-order valence-corrected chi connectivity index (χ3v) is 5.23. The summed E-state index contributed by atoms with van der Waals surface area (Å²) in [5.74, 6) is -0.365. The van der Waals surface area contributed by atoms with E-state index in [1.807, 2.05) is 0 Å². The number of benzene rings is 1. The number of para-hydroxylation sites is 1. The van der Waals surface area contributed by atoms with Gasteiger partial charge in [0.1, 0.15) is 4.83 Å². The van der Waals surface area contributed by atoms with Crippen molar-refractivity contribution < 1.29 is 18.0 Å². The molecular formula is C17H14F3N3O3S. The molecule has 0 aliphatic heterocycles. The zero-order chi connectivity index (χ0) is 20.1. The highest BCUT2D eigenvalue weighted by molar-refractivity contribution is 7.20. The van der Waals surface area contributed by atoms with Gasteiger partial charge in [0.25, 0.3) is 11.5 Å². The quantitative estimate of drug-likeness (QED) is 0.723. The number of halogens is 3. The summed E-state index contributed by atoms with van der Waals surface area (Å²) in [4.78, 5) is 41.7. The number of amides is 1. The number of aromatic nitrogens is 2. The number of hydrogen-bond acceptors (Lipinski definition) is 4. The fraction of sp³-hybridized carbons (Fsp3) is 0.235. The Labute approximate surface area is 154 Å². The molecule has 1 amide bonds. The van der Waals surface area contributed by atoms with Crippen LogP contribution in [0.15, 0.2) is 33.9 Å². The molecule has 2 aromatic heterocycles. The van der Waals surface area contributed by atoms with E-state index in [0.29, 0.717) is 10.1 Å². The molecule has 0 fully saturated rings. The Kier molecular flexibility index (Phi) is 4.46. The summed E-state index contributed by atoms with van der Waals surface area (Å²) in [6.45, 7) is 1.52. The SMILES string of the molecule is Cc1c(C(=O)N(C)C)sc2[nH]c(=O)n(-c3ccccc3C(F)(F)F)c(=O)c12. The summed E-state index contributed by atoms with van der Waals surface area (Å²) in [7, 11) is 3.07. The van der Waals surface area contributed by atoms with Crippen LogP contribution in [0.2, 0.25) is 0 Å². The first-order valence-electron chi connectivity index (χ1n) is 7.70. The third-order valence-electron chi connectivity index (χ3n) is 4.04. The number of thiophene rings is 1. The fourth-order valence-electron chi connectivity index (χ4n) is 2.75. The number of carbonyl (C=O) groups excluding carboxylic acids is 1. The molecule has 6 nitrogen and oxygen atoms in total. The largest absolute Gasteiger partial charge is 0.418 e. The molecular weight excluding hydrogens is 383 g/mol. The van der Waals surface area contributed by atoms with Crippen LogP contribution in [0.1, 0.15) is 20.8 Å². The van der Waals surface area contributed by atoms with E-state index in [0.717, 1.165) is 23.5 Å². The number of carbonyl (C=O) groups is 1. The van der Waals surface area contributed by atoms with Crippen LogP contribution in [0.3, 0.4) is 0 Å². The van der Waals surface area contributed by atoms with Crippen molar-refractivity contribution in [2.75, 3.05) is 14.1 Å². The topological polar surface area (TPSA) is 75.2 Å². The number of aromatic amines is 1. The lowest BCUT2D eigenvalue weighted by atomic mass is 10.1. The highest BCUT2D eigenvalue weighted by Gasteiger charge is 2.34. The van der Waals surface area contributed by atoms with Gasteiger partial charge in [-0.15, -0.1) is 11.3 Å². The average Bonchev–Trinajstić information content (AvgIpc) is 2.90. The van der Waals surface area contributed by atoms with E-state index in [-0.39, 0.29) is 21.0 Å². The van der Waals surface area contributed by atoms with Crippen LogP contribution in [0.5, 0.6) is 0 Å². The molecule has 3 aromatic rings. The Bertz CT molecular complexity index is 1170. The first-order valence-corrected chi connectivity index (χ1v) is 8.52. The van der Waals surface area contributed by atoms with Gasteiger partial charge in [-0.3, -0.25) is 14.6 Å². The highest BCUT2D eigenvalue weighted by atomic mass is 32.1. The molecule has 27 heavy (non-hydrogen) atoms. The van der Waals surface area contributed by atoms with E-state index < -0.39 is 28.7 Å². The van der Waals surface area contributed by atoms with Crippen LogP contribution in [-0.2, 0) is 6.18 Å². The minimum absolute atomic E-state index is 0.0155. The molecule has 142 valence electrons. The molecule has 0 bridgehead atoms. The Balaban J connectivity index is 2.39. The van der Waals surface area contributed by atoms with Gasteiger partial charge in [0, 0.05) is 14.1 Å². The normalized spacial score (nSPS) is 11.8. The molecule has 0 aliphatic carbocycles. The van der Waals surface area contributed by atoms with Gasteiger partial charge in [-0.1, -0.05) is 12.1 Å². The predicted octanol–water partition coefficient (Wildman–Crippen LogP) is 2.77. The smallest absolute Gasteiger partial charge is 0.344 e. The maximum absolute atomic E-state index is 13.3. The van der Waals surface area contributed by atoms with Crippen molar-refractivity contribution >= 4 is 27.5 Å². The minimum Gasteiger partial charge on any atom is -0.344 e. The van der Waals surface area contributed by atoms with Gasteiger partial charge in [-0.2, -0.15) is 13.2 Å². The predicted molar refractivity (Wildman–Crippen MR) is 95.8 cm³/mol. The van der Waals surface area contributed by atoms with Crippen molar-refractivity contribution in [3.8, 4) is 5.69 Å². The van der Waals surface area contributed by atoms with Crippen LogP contribution in [0, 0.1) is 6.92 Å². The van der Waals surface area contributed by atoms with Crippen molar-refractivity contribution in [3.05, 3.63) is 61.1 Å². The Morgan fingerprint density at radius 3 is 2.41 bits per heavy atom. The number of hydrogen-bond donors (Lipinski definition) is 1. The van der Waals surface area contributed by atoms with E-state index in [4.69, 9.17) is 0 Å². The minimum atomic E-state index is -4.74. The first kappa shape index (κ1) is 18.9. The number of nitrogens with zero attached hydrogens (tertiary/aromatic N) is 2. The van der Waals surface area contributed by atoms with Crippen molar-refractivity contribution in [1.82, 2.24) is 14.5 Å². The fourth-order valence-corrected chi connectivity index (χ4v) is 3.96. The van der Waals surface area contributed by atoms with Crippen LogP contribution >= 0.6 is 11.3 Å². The van der Waals surface area contributed by atoms with E-state index in [2.05, 4.69) is 4.98 Å². The van der Waals surface area contributed by atoms with Crippen LogP contribution < -0.4 is 11.2 Å². The van der Waals surface area contributed by atoms with E-state index in [1.165, 1.54) is 38.1 Å². The molecule has 0 radical (unpaired) electrons. The second-order valence-corrected chi connectivity index (χ2v) is 7.07. The lowest BCUT2D eigenvalue weighted by Gasteiger charge is -2.13.